The maximum absolute atomic E-state index is 12.2. The van der Waals surface area contributed by atoms with Gasteiger partial charge < -0.3 is 9.80 Å². The Morgan fingerprint density at radius 3 is 2.62 bits per heavy atom. The molecule has 10 heteroatoms. The fraction of sp³-hybridized carbons (Fsp3) is 0.625. The fourth-order valence-corrected chi connectivity index (χ4v) is 4.19. The van der Waals surface area contributed by atoms with E-state index in [-0.39, 0.29) is 5.03 Å². The topological polar surface area (TPSA) is 108 Å². The van der Waals surface area contributed by atoms with Gasteiger partial charge in [-0.1, -0.05) is 0 Å². The van der Waals surface area contributed by atoms with E-state index in [0.717, 1.165) is 44.4 Å². The van der Waals surface area contributed by atoms with Crippen molar-refractivity contribution in [3.8, 4) is 11.4 Å². The number of sulfone groups is 1. The molecule has 142 valence electrons. The van der Waals surface area contributed by atoms with E-state index in [1.54, 1.807) is 0 Å². The molecule has 3 rings (SSSR count). The highest BCUT2D eigenvalue weighted by molar-refractivity contribution is 7.90. The standard InChI is InChI=1S/C16H25N7O2S/c1-22(2)9-5-12-6-10-23(11-7-12)13-4-8-17-16(26(3,24)25)14(13)15-18-20-21-19-15/h4,8,12H,5-7,9-11H2,1-3H3,(H,18,19,20,21). The van der Waals surface area contributed by atoms with Crippen LogP contribution in [0.1, 0.15) is 19.3 Å². The van der Waals surface area contributed by atoms with Gasteiger partial charge in [-0.2, -0.15) is 0 Å². The summed E-state index contributed by atoms with van der Waals surface area (Å²) in [6.07, 6.45) is 6.04. The monoisotopic (exact) mass is 379 g/mol. The Hall–Kier alpha value is -2.07. The van der Waals surface area contributed by atoms with Crippen molar-refractivity contribution >= 4 is 15.5 Å². The van der Waals surface area contributed by atoms with Crippen LogP contribution in [0, 0.1) is 5.92 Å². The number of nitrogens with zero attached hydrogens (tertiary/aromatic N) is 6. The largest absolute Gasteiger partial charge is 0.371 e. The van der Waals surface area contributed by atoms with Gasteiger partial charge in [-0.15, -0.1) is 5.10 Å². The van der Waals surface area contributed by atoms with Gasteiger partial charge in [0.25, 0.3) is 0 Å². The molecular weight excluding hydrogens is 354 g/mol. The molecule has 0 aromatic carbocycles. The number of piperidine rings is 1. The summed E-state index contributed by atoms with van der Waals surface area (Å²) in [5.41, 5.74) is 1.26. The SMILES string of the molecule is CN(C)CCC1CCN(c2ccnc(S(C)(=O)=O)c2-c2nnn[nH]2)CC1. The number of hydrogen-bond acceptors (Lipinski definition) is 8. The first kappa shape index (κ1) is 18.7. The number of nitrogens with one attached hydrogen (secondary N) is 1. The number of tetrazole rings is 1. The molecule has 0 amide bonds. The van der Waals surface area contributed by atoms with Gasteiger partial charge in [-0.3, -0.25) is 0 Å². The lowest BCUT2D eigenvalue weighted by atomic mass is 9.93. The van der Waals surface area contributed by atoms with Gasteiger partial charge in [0.15, 0.2) is 20.7 Å². The fourth-order valence-electron chi connectivity index (χ4n) is 3.37. The van der Waals surface area contributed by atoms with Crippen LogP contribution in [-0.2, 0) is 9.84 Å². The van der Waals surface area contributed by atoms with Crippen molar-refractivity contribution in [3.05, 3.63) is 12.3 Å². The molecule has 0 bridgehead atoms. The third-order valence-electron chi connectivity index (χ3n) is 4.77. The maximum atomic E-state index is 12.2. The summed E-state index contributed by atoms with van der Waals surface area (Å²) in [5, 5.41) is 13.8. The van der Waals surface area contributed by atoms with E-state index in [2.05, 4.69) is 49.5 Å². The van der Waals surface area contributed by atoms with Crippen LogP contribution in [0.3, 0.4) is 0 Å². The van der Waals surface area contributed by atoms with Gasteiger partial charge >= 0.3 is 0 Å². The smallest absolute Gasteiger partial charge is 0.193 e. The van der Waals surface area contributed by atoms with Crippen LogP contribution in [0.15, 0.2) is 17.3 Å². The molecule has 9 nitrogen and oxygen atoms in total. The Morgan fingerprint density at radius 2 is 2.04 bits per heavy atom. The van der Waals surface area contributed by atoms with E-state index >= 15 is 0 Å². The minimum absolute atomic E-state index is 0.00304. The molecule has 1 aliphatic heterocycles. The third-order valence-corrected chi connectivity index (χ3v) is 5.78. The van der Waals surface area contributed by atoms with Crippen molar-refractivity contribution in [2.45, 2.75) is 24.3 Å². The molecular formula is C16H25N7O2S. The zero-order valence-corrected chi connectivity index (χ0v) is 16.2. The molecule has 2 aromatic rings. The number of anilines is 1. The highest BCUT2D eigenvalue weighted by Crippen LogP contribution is 2.35. The van der Waals surface area contributed by atoms with Crippen molar-refractivity contribution in [1.82, 2.24) is 30.5 Å². The highest BCUT2D eigenvalue weighted by Gasteiger charge is 2.27. The molecule has 0 saturated carbocycles. The minimum Gasteiger partial charge on any atom is -0.371 e. The Bertz CT molecular complexity index is 828. The Morgan fingerprint density at radius 1 is 1.31 bits per heavy atom. The lowest BCUT2D eigenvalue weighted by molar-refractivity contribution is 0.313. The normalized spacial score (nSPS) is 16.4. The van der Waals surface area contributed by atoms with E-state index in [4.69, 9.17) is 0 Å². The number of hydrogen-bond donors (Lipinski definition) is 1. The summed E-state index contributed by atoms with van der Waals surface area (Å²) in [6, 6.07) is 1.84. The van der Waals surface area contributed by atoms with Gasteiger partial charge in [-0.05, 0) is 62.3 Å². The first-order chi connectivity index (χ1) is 12.4. The lowest BCUT2D eigenvalue weighted by Crippen LogP contribution is -2.35. The molecule has 0 aliphatic carbocycles. The van der Waals surface area contributed by atoms with Crippen molar-refractivity contribution in [2.24, 2.45) is 5.92 Å². The van der Waals surface area contributed by atoms with E-state index in [0.29, 0.717) is 17.3 Å². The zero-order chi connectivity index (χ0) is 18.7. The van der Waals surface area contributed by atoms with Gasteiger partial charge in [0.05, 0.1) is 11.3 Å². The van der Waals surface area contributed by atoms with Crippen LogP contribution in [0.25, 0.3) is 11.4 Å². The second kappa shape index (κ2) is 7.67. The summed E-state index contributed by atoms with van der Waals surface area (Å²) < 4.78 is 24.4. The molecule has 1 N–H and O–H groups in total. The van der Waals surface area contributed by atoms with Crippen LogP contribution in [0.2, 0.25) is 0 Å². The molecule has 0 spiro atoms. The van der Waals surface area contributed by atoms with Crippen molar-refractivity contribution in [1.29, 1.82) is 0 Å². The summed E-state index contributed by atoms with van der Waals surface area (Å²) in [6.45, 7) is 2.84. The predicted octanol–water partition coefficient (Wildman–Crippen LogP) is 0.833. The zero-order valence-electron chi connectivity index (χ0n) is 15.4. The molecule has 3 heterocycles. The second-order valence-electron chi connectivity index (χ2n) is 7.05. The Kier molecular flexibility index (Phi) is 5.52. The molecule has 1 saturated heterocycles. The Labute approximate surface area is 153 Å². The highest BCUT2D eigenvalue weighted by atomic mass is 32.2. The average molecular weight is 379 g/mol. The quantitative estimate of drug-likeness (QED) is 0.786. The average Bonchev–Trinajstić information content (AvgIpc) is 3.13. The summed E-state index contributed by atoms with van der Waals surface area (Å²) in [5.74, 6) is 1.02. The number of pyridine rings is 1. The van der Waals surface area contributed by atoms with Crippen molar-refractivity contribution < 1.29 is 8.42 Å². The summed E-state index contributed by atoms with van der Waals surface area (Å²) in [7, 11) is 0.679. The van der Waals surface area contributed by atoms with Crippen LogP contribution >= 0.6 is 0 Å². The van der Waals surface area contributed by atoms with E-state index in [9.17, 15) is 8.42 Å². The van der Waals surface area contributed by atoms with E-state index < -0.39 is 9.84 Å². The van der Waals surface area contributed by atoms with Crippen LogP contribution in [0.5, 0.6) is 0 Å². The summed E-state index contributed by atoms with van der Waals surface area (Å²) in [4.78, 5) is 8.51. The second-order valence-corrected chi connectivity index (χ2v) is 8.99. The molecule has 1 aliphatic rings. The maximum Gasteiger partial charge on any atom is 0.193 e. The van der Waals surface area contributed by atoms with Gasteiger partial charge in [-0.25, -0.2) is 18.5 Å². The van der Waals surface area contributed by atoms with Crippen LogP contribution < -0.4 is 4.90 Å². The molecule has 0 atom stereocenters. The Balaban J connectivity index is 1.87. The first-order valence-corrected chi connectivity index (χ1v) is 10.6. The van der Waals surface area contributed by atoms with E-state index in [1.165, 1.54) is 12.6 Å². The van der Waals surface area contributed by atoms with Crippen molar-refractivity contribution in [3.63, 3.8) is 0 Å². The molecule has 0 unspecified atom stereocenters. The molecule has 26 heavy (non-hydrogen) atoms. The number of aromatic amines is 1. The van der Waals surface area contributed by atoms with Gasteiger partial charge in [0, 0.05) is 25.5 Å². The van der Waals surface area contributed by atoms with Crippen LogP contribution in [0.4, 0.5) is 5.69 Å². The van der Waals surface area contributed by atoms with Gasteiger partial charge in [0.1, 0.15) is 0 Å². The number of rotatable bonds is 6. The molecule has 2 aromatic heterocycles. The predicted molar refractivity (Wildman–Crippen MR) is 98.6 cm³/mol. The molecule has 0 radical (unpaired) electrons. The lowest BCUT2D eigenvalue weighted by Gasteiger charge is -2.35. The van der Waals surface area contributed by atoms with E-state index in [1.807, 2.05) is 6.07 Å². The minimum atomic E-state index is -3.51. The third kappa shape index (κ3) is 4.18. The number of aromatic nitrogens is 5. The van der Waals surface area contributed by atoms with Gasteiger partial charge in [0.2, 0.25) is 0 Å². The molecule has 1 fully saturated rings. The summed E-state index contributed by atoms with van der Waals surface area (Å²) >= 11 is 0. The number of H-pyrrole nitrogens is 1. The van der Waals surface area contributed by atoms with Crippen molar-refractivity contribution in [2.75, 3.05) is 44.9 Å². The van der Waals surface area contributed by atoms with Crippen LogP contribution in [-0.4, -0.2) is 78.9 Å². The first-order valence-electron chi connectivity index (χ1n) is 8.69.